The summed E-state index contributed by atoms with van der Waals surface area (Å²) in [6, 6.07) is 7.29. The Morgan fingerprint density at radius 2 is 1.92 bits per heavy atom. The normalized spacial score (nSPS) is 12.5. The largest absolute Gasteiger partial charge is 0.353 e. The van der Waals surface area contributed by atoms with Crippen LogP contribution in [0.25, 0.3) is 11.0 Å². The average molecular weight is 366 g/mol. The van der Waals surface area contributed by atoms with Gasteiger partial charge in [0.25, 0.3) is 0 Å². The molecule has 0 aliphatic rings. The molecule has 0 saturated carbocycles. The van der Waals surface area contributed by atoms with E-state index in [1.165, 1.54) is 0 Å². The number of para-hydroxylation sites is 2. The predicted molar refractivity (Wildman–Crippen MR) is 98.8 cm³/mol. The van der Waals surface area contributed by atoms with Gasteiger partial charge in [0.2, 0.25) is 5.91 Å². The molecule has 1 aromatic carbocycles. The van der Waals surface area contributed by atoms with Crippen LogP contribution in [0.2, 0.25) is 0 Å². The Kier molecular flexibility index (Phi) is 5.84. The van der Waals surface area contributed by atoms with E-state index in [-0.39, 0.29) is 18.2 Å². The second-order valence-electron chi connectivity index (χ2n) is 6.52. The smallest absolute Gasteiger partial charge is 0.240 e. The van der Waals surface area contributed by atoms with Crippen molar-refractivity contribution in [3.05, 3.63) is 30.1 Å². The van der Waals surface area contributed by atoms with E-state index in [0.29, 0.717) is 17.9 Å². The molecule has 1 heterocycles. The number of amides is 1. The van der Waals surface area contributed by atoms with Crippen molar-refractivity contribution in [2.45, 2.75) is 44.5 Å². The second kappa shape index (κ2) is 7.53. The highest BCUT2D eigenvalue weighted by Crippen LogP contribution is 2.17. The van der Waals surface area contributed by atoms with Gasteiger partial charge in [-0.05, 0) is 25.0 Å². The van der Waals surface area contributed by atoms with Crippen molar-refractivity contribution in [2.75, 3.05) is 12.8 Å². The molecule has 0 radical (unpaired) electrons. The van der Waals surface area contributed by atoms with Crippen molar-refractivity contribution in [1.82, 2.24) is 14.9 Å². The molecule has 1 aromatic heterocycles. The van der Waals surface area contributed by atoms with Crippen molar-refractivity contribution < 1.29 is 13.2 Å². The molecular formula is C17H26N4O3S. The van der Waals surface area contributed by atoms with Gasteiger partial charge in [-0.3, -0.25) is 4.79 Å². The number of nitrogens with zero attached hydrogens (tertiary/aromatic N) is 2. The monoisotopic (exact) mass is 366 g/mol. The number of nitrogens with two attached hydrogens (primary N) is 1. The molecule has 8 heteroatoms. The van der Waals surface area contributed by atoms with E-state index in [2.05, 4.69) is 10.3 Å². The van der Waals surface area contributed by atoms with Gasteiger partial charge in [0, 0.05) is 18.3 Å². The summed E-state index contributed by atoms with van der Waals surface area (Å²) in [7, 11) is -3.26. The molecule has 3 N–H and O–H groups in total. The van der Waals surface area contributed by atoms with E-state index in [1.54, 1.807) is 10.6 Å². The number of hydrogen-bond donors (Lipinski definition) is 2. The molecule has 138 valence electrons. The Labute approximate surface area is 148 Å². The molecule has 2 rings (SSSR count). The molecule has 0 atom stereocenters. The minimum Gasteiger partial charge on any atom is -0.353 e. The van der Waals surface area contributed by atoms with Gasteiger partial charge in [-0.25, -0.2) is 13.4 Å². The number of sulfone groups is 1. The molecule has 0 aliphatic heterocycles. The molecule has 0 fully saturated rings. The summed E-state index contributed by atoms with van der Waals surface area (Å²) in [6.45, 7) is 4.37. The minimum atomic E-state index is -3.26. The second-order valence-corrected chi connectivity index (χ2v) is 8.66. The number of nitrogens with one attached hydrogen (secondary N) is 1. The maximum Gasteiger partial charge on any atom is 0.240 e. The number of aromatic nitrogens is 2. The molecule has 2 aromatic rings. The lowest BCUT2D eigenvalue weighted by Gasteiger charge is -2.26. The third-order valence-corrected chi connectivity index (χ3v) is 5.26. The molecular weight excluding hydrogens is 340 g/mol. The highest BCUT2D eigenvalue weighted by atomic mass is 32.2. The molecule has 0 saturated heterocycles. The molecule has 7 nitrogen and oxygen atoms in total. The number of hydrogen-bond acceptors (Lipinski definition) is 5. The fourth-order valence-corrected chi connectivity index (χ4v) is 3.31. The zero-order chi connectivity index (χ0) is 18.7. The van der Waals surface area contributed by atoms with Crippen molar-refractivity contribution in [2.24, 2.45) is 5.73 Å². The van der Waals surface area contributed by atoms with E-state index >= 15 is 0 Å². The maximum atomic E-state index is 12.4. The third kappa shape index (κ3) is 5.02. The summed E-state index contributed by atoms with van der Waals surface area (Å²) in [5.41, 5.74) is 7.19. The Morgan fingerprint density at radius 1 is 1.28 bits per heavy atom. The van der Waals surface area contributed by atoms with Gasteiger partial charge in [-0.2, -0.15) is 0 Å². The highest BCUT2D eigenvalue weighted by Gasteiger charge is 2.22. The fraction of sp³-hybridized carbons (Fsp3) is 0.529. The highest BCUT2D eigenvalue weighted by molar-refractivity contribution is 7.89. The summed E-state index contributed by atoms with van der Waals surface area (Å²) in [4.78, 5) is 16.8. The van der Waals surface area contributed by atoms with Gasteiger partial charge in [-0.15, -0.1) is 0 Å². The van der Waals surface area contributed by atoms with Crippen LogP contribution in [0.3, 0.4) is 0 Å². The van der Waals surface area contributed by atoms with Crippen LogP contribution >= 0.6 is 0 Å². The van der Waals surface area contributed by atoms with Gasteiger partial charge < -0.3 is 15.6 Å². The lowest BCUT2D eigenvalue weighted by atomic mass is 9.94. The molecule has 25 heavy (non-hydrogen) atoms. The van der Waals surface area contributed by atoms with Crippen LogP contribution in [-0.4, -0.2) is 42.2 Å². The van der Waals surface area contributed by atoms with Crippen molar-refractivity contribution >= 4 is 26.8 Å². The third-order valence-electron chi connectivity index (χ3n) is 4.47. The van der Waals surface area contributed by atoms with Crippen LogP contribution in [0.1, 0.15) is 32.5 Å². The number of fused-ring (bicyclic) bond motifs is 1. The molecule has 1 amide bonds. The van der Waals surface area contributed by atoms with Gasteiger partial charge in [0.15, 0.2) is 9.84 Å². The standard InChI is InChI=1S/C17H26N4O3S/c1-4-17(18,5-2)12-19-16(22)10-21-14-9-7-6-8-13(14)20-15(21)11-25(3,23)24/h6-9H,4-5,10-12,18H2,1-3H3,(H,19,22). The van der Waals surface area contributed by atoms with Crippen molar-refractivity contribution in [1.29, 1.82) is 0 Å². The van der Waals surface area contributed by atoms with Crippen LogP contribution in [0.5, 0.6) is 0 Å². The zero-order valence-corrected chi connectivity index (χ0v) is 15.8. The van der Waals surface area contributed by atoms with Crippen LogP contribution in [-0.2, 0) is 26.9 Å². The Balaban J connectivity index is 2.24. The Hall–Kier alpha value is -1.93. The SMILES string of the molecule is CCC(N)(CC)CNC(=O)Cn1c(CS(C)(=O)=O)nc2ccccc21. The van der Waals surface area contributed by atoms with Gasteiger partial charge in [0.05, 0.1) is 11.0 Å². The molecule has 0 bridgehead atoms. The summed E-state index contributed by atoms with van der Waals surface area (Å²) in [5.74, 6) is -0.0573. The van der Waals surface area contributed by atoms with Gasteiger partial charge in [0.1, 0.15) is 18.1 Å². The number of benzene rings is 1. The van der Waals surface area contributed by atoms with Gasteiger partial charge >= 0.3 is 0 Å². The number of imidazole rings is 1. The van der Waals surface area contributed by atoms with E-state index in [1.807, 2.05) is 32.0 Å². The first-order chi connectivity index (χ1) is 11.7. The number of rotatable bonds is 8. The molecule has 0 aliphatic carbocycles. The summed E-state index contributed by atoms with van der Waals surface area (Å²) < 4.78 is 25.0. The quantitative estimate of drug-likeness (QED) is 0.730. The maximum absolute atomic E-state index is 12.4. The van der Waals surface area contributed by atoms with Crippen LogP contribution in [0.4, 0.5) is 0 Å². The lowest BCUT2D eigenvalue weighted by Crippen LogP contribution is -2.49. The molecule has 0 unspecified atom stereocenters. The summed E-state index contributed by atoms with van der Waals surface area (Å²) in [6.07, 6.45) is 2.68. The van der Waals surface area contributed by atoms with Crippen molar-refractivity contribution in [3.63, 3.8) is 0 Å². The van der Waals surface area contributed by atoms with Crippen LogP contribution in [0.15, 0.2) is 24.3 Å². The Morgan fingerprint density at radius 3 is 2.52 bits per heavy atom. The van der Waals surface area contributed by atoms with Crippen LogP contribution < -0.4 is 11.1 Å². The van der Waals surface area contributed by atoms with E-state index < -0.39 is 15.4 Å². The average Bonchev–Trinajstić information content (AvgIpc) is 2.88. The fourth-order valence-electron chi connectivity index (χ4n) is 2.62. The van der Waals surface area contributed by atoms with Crippen LogP contribution in [0, 0.1) is 0 Å². The first-order valence-electron chi connectivity index (χ1n) is 8.35. The summed E-state index contributed by atoms with van der Waals surface area (Å²) in [5, 5.41) is 2.86. The first-order valence-corrected chi connectivity index (χ1v) is 10.4. The minimum absolute atomic E-state index is 0.00880. The Bertz CT molecular complexity index is 854. The first kappa shape index (κ1) is 19.4. The van der Waals surface area contributed by atoms with E-state index in [9.17, 15) is 13.2 Å². The number of carbonyl (C=O) groups is 1. The predicted octanol–water partition coefficient (Wildman–Crippen LogP) is 1.21. The summed E-state index contributed by atoms with van der Waals surface area (Å²) >= 11 is 0. The topological polar surface area (TPSA) is 107 Å². The van der Waals surface area contributed by atoms with Gasteiger partial charge in [-0.1, -0.05) is 26.0 Å². The van der Waals surface area contributed by atoms with Crippen molar-refractivity contribution in [3.8, 4) is 0 Å². The lowest BCUT2D eigenvalue weighted by molar-refractivity contribution is -0.121. The molecule has 0 spiro atoms. The number of carbonyl (C=O) groups excluding carboxylic acids is 1. The van der Waals surface area contributed by atoms with E-state index in [0.717, 1.165) is 24.6 Å². The van der Waals surface area contributed by atoms with E-state index in [4.69, 9.17) is 5.73 Å². The zero-order valence-electron chi connectivity index (χ0n) is 14.9.